The molecular formula is C13H14F3N. The van der Waals surface area contributed by atoms with Gasteiger partial charge in [-0.3, -0.25) is 0 Å². The molecule has 0 aliphatic rings. The van der Waals surface area contributed by atoms with E-state index in [1.54, 1.807) is 0 Å². The van der Waals surface area contributed by atoms with Gasteiger partial charge in [-0.05, 0) is 18.1 Å². The van der Waals surface area contributed by atoms with E-state index < -0.39 is 17.8 Å². The lowest BCUT2D eigenvalue weighted by molar-refractivity contribution is -0.137. The molecule has 0 heterocycles. The van der Waals surface area contributed by atoms with Gasteiger partial charge in [-0.25, -0.2) is 0 Å². The predicted octanol–water partition coefficient (Wildman–Crippen LogP) is 3.04. The molecule has 0 aliphatic heterocycles. The van der Waals surface area contributed by atoms with Gasteiger partial charge < -0.3 is 5.73 Å². The van der Waals surface area contributed by atoms with Gasteiger partial charge in [0, 0.05) is 5.56 Å². The number of halogens is 3. The lowest BCUT2D eigenvalue weighted by atomic mass is 10.0. The summed E-state index contributed by atoms with van der Waals surface area (Å²) in [5.74, 6) is 5.26. The topological polar surface area (TPSA) is 26.0 Å². The number of hydrogen-bond acceptors (Lipinski definition) is 1. The molecule has 0 bridgehead atoms. The second-order valence-electron chi connectivity index (χ2n) is 4.08. The summed E-state index contributed by atoms with van der Waals surface area (Å²) in [6.07, 6.45) is -4.38. The van der Waals surface area contributed by atoms with Crippen molar-refractivity contribution in [1.82, 2.24) is 0 Å². The van der Waals surface area contributed by atoms with Crippen LogP contribution in [0, 0.1) is 17.8 Å². The summed E-state index contributed by atoms with van der Waals surface area (Å²) in [6, 6.07) is 4.82. The second-order valence-corrected chi connectivity index (χ2v) is 4.08. The van der Waals surface area contributed by atoms with E-state index in [1.807, 2.05) is 13.8 Å². The van der Waals surface area contributed by atoms with Gasteiger partial charge in [0.05, 0.1) is 11.6 Å². The monoisotopic (exact) mass is 241 g/mol. The van der Waals surface area contributed by atoms with Crippen LogP contribution in [0.15, 0.2) is 24.3 Å². The summed E-state index contributed by atoms with van der Waals surface area (Å²) in [4.78, 5) is 0. The summed E-state index contributed by atoms with van der Waals surface area (Å²) >= 11 is 0. The van der Waals surface area contributed by atoms with E-state index in [2.05, 4.69) is 11.8 Å². The fourth-order valence-corrected chi connectivity index (χ4v) is 1.17. The van der Waals surface area contributed by atoms with Crippen LogP contribution in [0.25, 0.3) is 0 Å². The van der Waals surface area contributed by atoms with Crippen LogP contribution < -0.4 is 5.73 Å². The predicted molar refractivity (Wildman–Crippen MR) is 61.1 cm³/mol. The lowest BCUT2D eigenvalue weighted by Gasteiger charge is -2.09. The van der Waals surface area contributed by atoms with Crippen LogP contribution in [0.4, 0.5) is 13.2 Å². The molecule has 2 N–H and O–H groups in total. The Morgan fingerprint density at radius 1 is 1.18 bits per heavy atom. The Labute approximate surface area is 98.8 Å². The fourth-order valence-electron chi connectivity index (χ4n) is 1.17. The molecule has 4 heteroatoms. The maximum absolute atomic E-state index is 12.6. The van der Waals surface area contributed by atoms with Crippen molar-refractivity contribution in [3.8, 4) is 11.8 Å². The third kappa shape index (κ3) is 3.79. The Balaban J connectivity index is 3.07. The minimum absolute atomic E-state index is 0.0314. The molecule has 0 amide bonds. The average molecular weight is 241 g/mol. The molecule has 0 aromatic heterocycles. The maximum Gasteiger partial charge on any atom is 0.417 e. The molecule has 1 aromatic carbocycles. The first-order valence-corrected chi connectivity index (χ1v) is 5.25. The van der Waals surface area contributed by atoms with Crippen LogP contribution in [0.1, 0.15) is 25.0 Å². The SMILES string of the molecule is CC(C)C(N)C#Cc1ccccc1C(F)(F)F. The van der Waals surface area contributed by atoms with Crippen LogP contribution in [0.3, 0.4) is 0 Å². The molecule has 0 saturated heterocycles. The van der Waals surface area contributed by atoms with Crippen LogP contribution in [0.2, 0.25) is 0 Å². The number of benzene rings is 1. The minimum Gasteiger partial charge on any atom is -0.317 e. The minimum atomic E-state index is -4.38. The van der Waals surface area contributed by atoms with Gasteiger partial charge in [-0.2, -0.15) is 13.2 Å². The molecule has 92 valence electrons. The highest BCUT2D eigenvalue weighted by atomic mass is 19.4. The molecule has 1 nitrogen and oxygen atoms in total. The van der Waals surface area contributed by atoms with Crippen molar-refractivity contribution in [1.29, 1.82) is 0 Å². The van der Waals surface area contributed by atoms with Gasteiger partial charge in [0.25, 0.3) is 0 Å². The first-order valence-electron chi connectivity index (χ1n) is 5.25. The van der Waals surface area contributed by atoms with E-state index in [1.165, 1.54) is 18.2 Å². The summed E-state index contributed by atoms with van der Waals surface area (Å²) in [7, 11) is 0. The van der Waals surface area contributed by atoms with Crippen molar-refractivity contribution >= 4 is 0 Å². The quantitative estimate of drug-likeness (QED) is 0.751. The Kier molecular flexibility index (Phi) is 4.19. The molecule has 17 heavy (non-hydrogen) atoms. The molecule has 0 radical (unpaired) electrons. The fraction of sp³-hybridized carbons (Fsp3) is 0.385. The summed E-state index contributed by atoms with van der Waals surface area (Å²) < 4.78 is 37.9. The summed E-state index contributed by atoms with van der Waals surface area (Å²) in [5.41, 5.74) is 4.92. The zero-order valence-corrected chi connectivity index (χ0v) is 9.68. The van der Waals surface area contributed by atoms with Crippen molar-refractivity contribution in [3.63, 3.8) is 0 Å². The van der Waals surface area contributed by atoms with Gasteiger partial charge in [0.15, 0.2) is 0 Å². The van der Waals surface area contributed by atoms with Crippen LogP contribution >= 0.6 is 0 Å². The molecule has 1 unspecified atom stereocenters. The van der Waals surface area contributed by atoms with Crippen LogP contribution in [-0.4, -0.2) is 6.04 Å². The molecular weight excluding hydrogens is 227 g/mol. The Hall–Kier alpha value is -1.47. The molecule has 1 rings (SSSR count). The number of rotatable bonds is 1. The molecule has 0 aliphatic carbocycles. The van der Waals surface area contributed by atoms with Crippen molar-refractivity contribution in [2.75, 3.05) is 0 Å². The third-order valence-corrected chi connectivity index (χ3v) is 2.32. The van der Waals surface area contributed by atoms with Crippen LogP contribution in [0.5, 0.6) is 0 Å². The first-order chi connectivity index (χ1) is 7.82. The van der Waals surface area contributed by atoms with Gasteiger partial charge in [-0.1, -0.05) is 37.8 Å². The van der Waals surface area contributed by atoms with E-state index in [-0.39, 0.29) is 11.5 Å². The van der Waals surface area contributed by atoms with E-state index in [0.29, 0.717) is 0 Å². The van der Waals surface area contributed by atoms with Gasteiger partial charge >= 0.3 is 6.18 Å². The van der Waals surface area contributed by atoms with E-state index in [4.69, 9.17) is 5.73 Å². The highest BCUT2D eigenvalue weighted by Crippen LogP contribution is 2.31. The smallest absolute Gasteiger partial charge is 0.317 e. The van der Waals surface area contributed by atoms with Gasteiger partial charge in [-0.15, -0.1) is 0 Å². The third-order valence-electron chi connectivity index (χ3n) is 2.32. The van der Waals surface area contributed by atoms with Crippen molar-refractivity contribution in [2.45, 2.75) is 26.1 Å². The highest BCUT2D eigenvalue weighted by molar-refractivity contribution is 5.43. The number of alkyl halides is 3. The first kappa shape index (κ1) is 13.6. The number of nitrogens with two attached hydrogens (primary N) is 1. The lowest BCUT2D eigenvalue weighted by Crippen LogP contribution is -2.24. The van der Waals surface area contributed by atoms with Crippen molar-refractivity contribution in [2.24, 2.45) is 11.7 Å². The van der Waals surface area contributed by atoms with Crippen molar-refractivity contribution < 1.29 is 13.2 Å². The zero-order valence-electron chi connectivity index (χ0n) is 9.68. The second kappa shape index (κ2) is 5.24. The summed E-state index contributed by atoms with van der Waals surface area (Å²) in [6.45, 7) is 3.74. The van der Waals surface area contributed by atoms with Crippen molar-refractivity contribution in [3.05, 3.63) is 35.4 Å². The van der Waals surface area contributed by atoms with E-state index in [0.717, 1.165) is 6.07 Å². The van der Waals surface area contributed by atoms with Crippen LogP contribution in [-0.2, 0) is 6.18 Å². The Bertz CT molecular complexity index is 438. The van der Waals surface area contributed by atoms with E-state index in [9.17, 15) is 13.2 Å². The molecule has 0 fully saturated rings. The Morgan fingerprint density at radius 3 is 2.29 bits per heavy atom. The molecule has 0 spiro atoms. The molecule has 1 atom stereocenters. The molecule has 1 aromatic rings. The summed E-state index contributed by atoms with van der Waals surface area (Å²) in [5, 5.41) is 0. The Morgan fingerprint density at radius 2 is 1.76 bits per heavy atom. The van der Waals surface area contributed by atoms with Gasteiger partial charge in [0.2, 0.25) is 0 Å². The average Bonchev–Trinajstić information content (AvgIpc) is 2.24. The van der Waals surface area contributed by atoms with E-state index >= 15 is 0 Å². The normalized spacial score (nSPS) is 13.1. The highest BCUT2D eigenvalue weighted by Gasteiger charge is 2.32. The standard InChI is InChI=1S/C13H14F3N/c1-9(2)12(17)8-7-10-5-3-4-6-11(10)13(14,15)16/h3-6,9,12H,17H2,1-2H3. The number of hydrogen-bond donors (Lipinski definition) is 1. The largest absolute Gasteiger partial charge is 0.417 e. The maximum atomic E-state index is 12.6. The molecule has 0 saturated carbocycles. The van der Waals surface area contributed by atoms with Gasteiger partial charge in [0.1, 0.15) is 0 Å². The zero-order chi connectivity index (χ0) is 13.1.